The molecule has 1 aliphatic heterocycles. The molecule has 14 heavy (non-hydrogen) atoms. The van der Waals surface area contributed by atoms with Gasteiger partial charge in [-0.25, -0.2) is 0 Å². The van der Waals surface area contributed by atoms with Gasteiger partial charge in [0, 0.05) is 11.0 Å². The minimum Gasteiger partial charge on any atom is -0.384 e. The summed E-state index contributed by atoms with van der Waals surface area (Å²) in [5, 5.41) is 2.93. The molecular formula is C9H7BrF3N. The van der Waals surface area contributed by atoms with Gasteiger partial charge in [0.25, 0.3) is 0 Å². The minimum atomic E-state index is -4.25. The maximum Gasteiger partial charge on any atom is 0.416 e. The predicted molar refractivity (Wildman–Crippen MR) is 51.3 cm³/mol. The molecule has 1 aromatic rings. The van der Waals surface area contributed by atoms with Crippen LogP contribution in [0.2, 0.25) is 0 Å². The normalized spacial score (nSPS) is 15.1. The largest absolute Gasteiger partial charge is 0.416 e. The van der Waals surface area contributed by atoms with Gasteiger partial charge in [0.15, 0.2) is 0 Å². The van der Waals surface area contributed by atoms with E-state index in [0.29, 0.717) is 28.7 Å². The number of halogens is 4. The summed E-state index contributed by atoms with van der Waals surface area (Å²) in [6.45, 7) is 0.570. The van der Waals surface area contributed by atoms with Gasteiger partial charge in [-0.15, -0.1) is 0 Å². The maximum atomic E-state index is 12.5. The Morgan fingerprint density at radius 1 is 1.29 bits per heavy atom. The van der Waals surface area contributed by atoms with Crippen LogP contribution in [0.25, 0.3) is 0 Å². The van der Waals surface area contributed by atoms with Crippen molar-refractivity contribution >= 4 is 21.6 Å². The molecule has 1 nitrogen and oxygen atoms in total. The molecular weight excluding hydrogens is 259 g/mol. The summed E-state index contributed by atoms with van der Waals surface area (Å²) in [7, 11) is 0. The summed E-state index contributed by atoms with van der Waals surface area (Å²) in [5.41, 5.74) is 0.424. The number of hydrogen-bond donors (Lipinski definition) is 1. The molecule has 76 valence electrons. The standard InChI is InChI=1S/C9H7BrF3N/c10-7-2-1-6(9(11,12)13)5-3-4-14-8(5)7/h1-2,14H,3-4H2. The number of rotatable bonds is 0. The van der Waals surface area contributed by atoms with E-state index in [0.717, 1.165) is 6.07 Å². The van der Waals surface area contributed by atoms with E-state index in [4.69, 9.17) is 0 Å². The molecule has 0 atom stereocenters. The number of benzene rings is 1. The van der Waals surface area contributed by atoms with Crippen molar-refractivity contribution < 1.29 is 13.2 Å². The monoisotopic (exact) mass is 265 g/mol. The van der Waals surface area contributed by atoms with Crippen molar-refractivity contribution in [2.75, 3.05) is 11.9 Å². The van der Waals surface area contributed by atoms with Gasteiger partial charge in [-0.05, 0) is 40.0 Å². The van der Waals surface area contributed by atoms with Crippen LogP contribution in [0.3, 0.4) is 0 Å². The quantitative estimate of drug-likeness (QED) is 0.758. The van der Waals surface area contributed by atoms with Crippen molar-refractivity contribution in [2.45, 2.75) is 12.6 Å². The van der Waals surface area contributed by atoms with Crippen LogP contribution >= 0.6 is 15.9 Å². The summed E-state index contributed by atoms with van der Waals surface area (Å²) in [6, 6.07) is 2.55. The second-order valence-corrected chi connectivity index (χ2v) is 3.98. The lowest BCUT2D eigenvalue weighted by molar-refractivity contribution is -0.138. The van der Waals surface area contributed by atoms with E-state index >= 15 is 0 Å². The van der Waals surface area contributed by atoms with Crippen LogP contribution in [0.4, 0.5) is 18.9 Å². The molecule has 1 aliphatic rings. The number of anilines is 1. The summed E-state index contributed by atoms with van der Waals surface area (Å²) in [5.74, 6) is 0. The van der Waals surface area contributed by atoms with Gasteiger partial charge in [-0.1, -0.05) is 0 Å². The Morgan fingerprint density at radius 3 is 2.64 bits per heavy atom. The molecule has 0 bridgehead atoms. The zero-order valence-corrected chi connectivity index (χ0v) is 8.67. The predicted octanol–water partition coefficient (Wildman–Crippen LogP) is 3.44. The van der Waals surface area contributed by atoms with Crippen LogP contribution in [-0.2, 0) is 12.6 Å². The fraction of sp³-hybridized carbons (Fsp3) is 0.333. The summed E-state index contributed by atoms with van der Waals surface area (Å²) in [6.07, 6.45) is -3.82. The molecule has 0 radical (unpaired) electrons. The second-order valence-electron chi connectivity index (χ2n) is 3.12. The Balaban J connectivity index is 2.60. The lowest BCUT2D eigenvalue weighted by Gasteiger charge is -2.12. The summed E-state index contributed by atoms with van der Waals surface area (Å²) < 4.78 is 38.3. The molecule has 5 heteroatoms. The fourth-order valence-corrected chi connectivity index (χ4v) is 2.16. The Bertz CT molecular complexity index is 373. The maximum absolute atomic E-state index is 12.5. The zero-order valence-electron chi connectivity index (χ0n) is 7.08. The van der Waals surface area contributed by atoms with Crippen molar-refractivity contribution in [3.8, 4) is 0 Å². The molecule has 0 saturated heterocycles. The summed E-state index contributed by atoms with van der Waals surface area (Å²) in [4.78, 5) is 0. The molecule has 0 spiro atoms. The van der Waals surface area contributed by atoms with E-state index in [2.05, 4.69) is 21.2 Å². The van der Waals surface area contributed by atoms with Crippen molar-refractivity contribution in [1.29, 1.82) is 0 Å². The van der Waals surface area contributed by atoms with E-state index in [1.54, 1.807) is 0 Å². The molecule has 0 aromatic heterocycles. The minimum absolute atomic E-state index is 0.367. The highest BCUT2D eigenvalue weighted by atomic mass is 79.9. The second kappa shape index (κ2) is 3.15. The van der Waals surface area contributed by atoms with Gasteiger partial charge in [0.2, 0.25) is 0 Å². The van der Waals surface area contributed by atoms with E-state index in [9.17, 15) is 13.2 Å². The van der Waals surface area contributed by atoms with Gasteiger partial charge in [0.1, 0.15) is 0 Å². The van der Waals surface area contributed by atoms with Crippen LogP contribution in [0.1, 0.15) is 11.1 Å². The fourth-order valence-electron chi connectivity index (χ4n) is 1.65. The number of alkyl halides is 3. The SMILES string of the molecule is FC(F)(F)c1ccc(Br)c2c1CCN2. The number of nitrogens with one attached hydrogen (secondary N) is 1. The van der Waals surface area contributed by atoms with Crippen LogP contribution < -0.4 is 5.32 Å². The third kappa shape index (κ3) is 1.49. The van der Waals surface area contributed by atoms with Crippen LogP contribution in [0.5, 0.6) is 0 Å². The topological polar surface area (TPSA) is 12.0 Å². The van der Waals surface area contributed by atoms with E-state index in [-0.39, 0.29) is 0 Å². The van der Waals surface area contributed by atoms with Crippen LogP contribution in [0.15, 0.2) is 16.6 Å². The van der Waals surface area contributed by atoms with Crippen molar-refractivity contribution in [3.05, 3.63) is 27.7 Å². The molecule has 0 aliphatic carbocycles. The average Bonchev–Trinajstić information content (AvgIpc) is 2.50. The third-order valence-corrected chi connectivity index (χ3v) is 2.91. The van der Waals surface area contributed by atoms with E-state index in [1.807, 2.05) is 0 Å². The van der Waals surface area contributed by atoms with Gasteiger partial charge in [0.05, 0.1) is 11.3 Å². The van der Waals surface area contributed by atoms with Gasteiger partial charge >= 0.3 is 6.18 Å². The average molecular weight is 266 g/mol. The first kappa shape index (κ1) is 9.83. The molecule has 0 amide bonds. The van der Waals surface area contributed by atoms with Crippen LogP contribution in [-0.4, -0.2) is 6.54 Å². The highest BCUT2D eigenvalue weighted by Gasteiger charge is 2.35. The lowest BCUT2D eigenvalue weighted by Crippen LogP contribution is -2.08. The molecule has 2 rings (SSSR count). The Labute approximate surface area is 87.4 Å². The molecule has 1 aromatic carbocycles. The molecule has 0 fully saturated rings. The van der Waals surface area contributed by atoms with E-state index in [1.165, 1.54) is 6.07 Å². The molecule has 1 heterocycles. The molecule has 1 N–H and O–H groups in total. The smallest absolute Gasteiger partial charge is 0.384 e. The Morgan fingerprint density at radius 2 is 2.00 bits per heavy atom. The summed E-state index contributed by atoms with van der Waals surface area (Å²) >= 11 is 3.22. The van der Waals surface area contributed by atoms with Crippen molar-refractivity contribution in [1.82, 2.24) is 0 Å². The first-order valence-electron chi connectivity index (χ1n) is 4.12. The molecule has 0 unspecified atom stereocenters. The van der Waals surface area contributed by atoms with Crippen LogP contribution in [0, 0.1) is 0 Å². The Hall–Kier alpha value is -0.710. The Kier molecular flexibility index (Phi) is 2.21. The van der Waals surface area contributed by atoms with Crippen molar-refractivity contribution in [2.24, 2.45) is 0 Å². The molecule has 0 saturated carbocycles. The highest BCUT2D eigenvalue weighted by Crippen LogP contribution is 2.40. The van der Waals surface area contributed by atoms with Crippen molar-refractivity contribution in [3.63, 3.8) is 0 Å². The zero-order chi connectivity index (χ0) is 10.3. The van der Waals surface area contributed by atoms with Gasteiger partial charge < -0.3 is 5.32 Å². The third-order valence-electron chi connectivity index (χ3n) is 2.24. The number of hydrogen-bond acceptors (Lipinski definition) is 1. The number of fused-ring (bicyclic) bond motifs is 1. The van der Waals surface area contributed by atoms with E-state index < -0.39 is 11.7 Å². The first-order chi connectivity index (χ1) is 6.50. The van der Waals surface area contributed by atoms with Gasteiger partial charge in [-0.3, -0.25) is 0 Å². The first-order valence-corrected chi connectivity index (χ1v) is 4.92. The highest BCUT2D eigenvalue weighted by molar-refractivity contribution is 9.10. The lowest BCUT2D eigenvalue weighted by atomic mass is 10.0. The van der Waals surface area contributed by atoms with Gasteiger partial charge in [-0.2, -0.15) is 13.2 Å².